The second kappa shape index (κ2) is 3.51. The monoisotopic (exact) mass is 229 g/mol. The smallest absolute Gasteiger partial charge is 0.365 e. The van der Waals surface area contributed by atoms with Gasteiger partial charge in [0.25, 0.3) is 11.8 Å². The first-order valence-corrected chi connectivity index (χ1v) is 4.23. The van der Waals surface area contributed by atoms with Crippen LogP contribution in [0.5, 0.6) is 0 Å². The Balaban J connectivity index is 2.44. The number of halogens is 3. The summed E-state index contributed by atoms with van der Waals surface area (Å²) >= 11 is 0. The third-order valence-electron chi connectivity index (χ3n) is 1.88. The molecule has 0 unspecified atom stereocenters. The van der Waals surface area contributed by atoms with Crippen molar-refractivity contribution in [3.8, 4) is 11.5 Å². The van der Waals surface area contributed by atoms with E-state index in [0.717, 1.165) is 12.1 Å². The lowest BCUT2D eigenvalue weighted by molar-refractivity contribution is -0.137. The summed E-state index contributed by atoms with van der Waals surface area (Å²) < 4.78 is 41.9. The van der Waals surface area contributed by atoms with Crippen LogP contribution in [0.25, 0.3) is 11.5 Å². The van der Waals surface area contributed by atoms with Gasteiger partial charge in [0, 0.05) is 5.56 Å². The first kappa shape index (κ1) is 10.5. The highest BCUT2D eigenvalue weighted by Gasteiger charge is 2.30. The lowest BCUT2D eigenvalue weighted by Gasteiger charge is -2.06. The second-order valence-corrected chi connectivity index (χ2v) is 3.04. The standard InChI is InChI=1S/C9H6F3N3O/c10-9(11,12)6-3-1-2-5(4-6)7-14-8(13)15-16-7/h1-4H,(H2,13,15). The van der Waals surface area contributed by atoms with Gasteiger partial charge in [-0.2, -0.15) is 18.2 Å². The molecule has 0 saturated heterocycles. The largest absolute Gasteiger partial charge is 0.416 e. The molecule has 0 saturated carbocycles. The lowest BCUT2D eigenvalue weighted by Crippen LogP contribution is -2.04. The molecule has 4 nitrogen and oxygen atoms in total. The van der Waals surface area contributed by atoms with E-state index in [4.69, 9.17) is 5.73 Å². The highest BCUT2D eigenvalue weighted by molar-refractivity contribution is 5.55. The molecule has 0 aliphatic carbocycles. The molecule has 2 N–H and O–H groups in total. The van der Waals surface area contributed by atoms with E-state index in [1.807, 2.05) is 0 Å². The molecule has 0 amide bonds. The Morgan fingerprint density at radius 3 is 2.56 bits per heavy atom. The van der Waals surface area contributed by atoms with Crippen LogP contribution in [-0.2, 0) is 6.18 Å². The van der Waals surface area contributed by atoms with Crippen LogP contribution in [0.3, 0.4) is 0 Å². The maximum Gasteiger partial charge on any atom is 0.416 e. The van der Waals surface area contributed by atoms with Crippen LogP contribution in [-0.4, -0.2) is 10.1 Å². The lowest BCUT2D eigenvalue weighted by atomic mass is 10.1. The molecule has 0 spiro atoms. The van der Waals surface area contributed by atoms with Gasteiger partial charge in [0.1, 0.15) is 0 Å². The van der Waals surface area contributed by atoms with E-state index in [0.29, 0.717) is 0 Å². The van der Waals surface area contributed by atoms with Crippen molar-refractivity contribution in [3.63, 3.8) is 0 Å². The normalized spacial score (nSPS) is 11.7. The molecule has 16 heavy (non-hydrogen) atoms. The van der Waals surface area contributed by atoms with Crippen molar-refractivity contribution in [1.82, 2.24) is 10.1 Å². The van der Waals surface area contributed by atoms with Crippen molar-refractivity contribution in [1.29, 1.82) is 0 Å². The van der Waals surface area contributed by atoms with Crippen molar-refractivity contribution in [2.75, 3.05) is 5.73 Å². The van der Waals surface area contributed by atoms with E-state index < -0.39 is 11.7 Å². The first-order valence-electron chi connectivity index (χ1n) is 4.23. The number of alkyl halides is 3. The van der Waals surface area contributed by atoms with Crippen LogP contribution < -0.4 is 5.73 Å². The zero-order chi connectivity index (χ0) is 11.8. The predicted octanol–water partition coefficient (Wildman–Crippen LogP) is 2.34. The molecule has 1 aromatic carbocycles. The Hall–Kier alpha value is -2.05. The number of nitrogens with two attached hydrogens (primary N) is 1. The van der Waals surface area contributed by atoms with Gasteiger partial charge >= 0.3 is 6.18 Å². The number of benzene rings is 1. The summed E-state index contributed by atoms with van der Waals surface area (Å²) in [5, 5.41) is 3.30. The van der Waals surface area contributed by atoms with Gasteiger partial charge in [-0.3, -0.25) is 0 Å². The highest BCUT2D eigenvalue weighted by Crippen LogP contribution is 2.31. The molecule has 2 rings (SSSR count). The van der Waals surface area contributed by atoms with E-state index in [2.05, 4.69) is 14.7 Å². The van der Waals surface area contributed by atoms with Gasteiger partial charge in [0.2, 0.25) is 0 Å². The molecule has 0 atom stereocenters. The summed E-state index contributed by atoms with van der Waals surface area (Å²) in [6, 6.07) is 4.58. The molecular formula is C9H6F3N3O. The fraction of sp³-hybridized carbons (Fsp3) is 0.111. The number of aromatic nitrogens is 2. The van der Waals surface area contributed by atoms with Gasteiger partial charge in [-0.15, -0.1) is 0 Å². The number of hydrogen-bond donors (Lipinski definition) is 1. The Labute approximate surface area is 87.9 Å². The van der Waals surface area contributed by atoms with E-state index in [1.54, 1.807) is 0 Å². The number of nitrogen functional groups attached to an aromatic ring is 1. The van der Waals surface area contributed by atoms with E-state index in [9.17, 15) is 13.2 Å². The molecule has 1 aromatic heterocycles. The first-order chi connectivity index (χ1) is 7.47. The maximum absolute atomic E-state index is 12.4. The van der Waals surface area contributed by atoms with Crippen LogP contribution in [0, 0.1) is 0 Å². The minimum Gasteiger partial charge on any atom is -0.365 e. The molecule has 84 valence electrons. The summed E-state index contributed by atoms with van der Waals surface area (Å²) in [5.74, 6) is -0.156. The number of nitrogens with zero attached hydrogens (tertiary/aromatic N) is 2. The molecule has 1 heterocycles. The minimum absolute atomic E-state index is 0.0383. The summed E-state index contributed by atoms with van der Waals surface area (Å²) in [4.78, 5) is 3.64. The minimum atomic E-state index is -4.40. The average Bonchev–Trinajstić information content (AvgIpc) is 2.64. The molecule has 0 aliphatic rings. The van der Waals surface area contributed by atoms with Crippen LogP contribution in [0.4, 0.5) is 19.1 Å². The topological polar surface area (TPSA) is 64.9 Å². The van der Waals surface area contributed by atoms with Crippen molar-refractivity contribution in [3.05, 3.63) is 29.8 Å². The average molecular weight is 229 g/mol. The van der Waals surface area contributed by atoms with Crippen LogP contribution in [0.15, 0.2) is 28.8 Å². The van der Waals surface area contributed by atoms with Crippen molar-refractivity contribution >= 4 is 5.95 Å². The van der Waals surface area contributed by atoms with Crippen molar-refractivity contribution in [2.24, 2.45) is 0 Å². The number of rotatable bonds is 1. The molecule has 0 radical (unpaired) electrons. The van der Waals surface area contributed by atoms with Crippen molar-refractivity contribution in [2.45, 2.75) is 6.18 Å². The summed E-state index contributed by atoms with van der Waals surface area (Å²) in [5.41, 5.74) is 4.61. The molecule has 0 bridgehead atoms. The van der Waals surface area contributed by atoms with Gasteiger partial charge in [-0.1, -0.05) is 6.07 Å². The molecular weight excluding hydrogens is 223 g/mol. The van der Waals surface area contributed by atoms with E-state index in [1.165, 1.54) is 12.1 Å². The van der Waals surface area contributed by atoms with E-state index >= 15 is 0 Å². The van der Waals surface area contributed by atoms with Gasteiger partial charge in [-0.05, 0) is 23.4 Å². The second-order valence-electron chi connectivity index (χ2n) is 3.04. The Kier molecular flexibility index (Phi) is 2.30. The third-order valence-corrected chi connectivity index (χ3v) is 1.88. The molecule has 0 fully saturated rings. The summed E-state index contributed by atoms with van der Waals surface area (Å²) in [6.07, 6.45) is -4.40. The van der Waals surface area contributed by atoms with Gasteiger partial charge in [0.15, 0.2) is 0 Å². The van der Waals surface area contributed by atoms with Crippen LogP contribution in [0.1, 0.15) is 5.56 Å². The van der Waals surface area contributed by atoms with Gasteiger partial charge in [-0.25, -0.2) is 0 Å². The Bertz CT molecular complexity index is 507. The molecule has 2 aromatic rings. The zero-order valence-electron chi connectivity index (χ0n) is 7.82. The Morgan fingerprint density at radius 2 is 2.00 bits per heavy atom. The number of anilines is 1. The maximum atomic E-state index is 12.4. The quantitative estimate of drug-likeness (QED) is 0.815. The fourth-order valence-corrected chi connectivity index (χ4v) is 1.18. The predicted molar refractivity (Wildman–Crippen MR) is 49.1 cm³/mol. The summed E-state index contributed by atoms with van der Waals surface area (Å²) in [6.45, 7) is 0. The SMILES string of the molecule is Nc1noc(-c2cccc(C(F)(F)F)c2)n1. The molecule has 0 aliphatic heterocycles. The van der Waals surface area contributed by atoms with Crippen molar-refractivity contribution < 1.29 is 17.7 Å². The van der Waals surface area contributed by atoms with E-state index in [-0.39, 0.29) is 17.4 Å². The van der Waals surface area contributed by atoms with Gasteiger partial charge in [0.05, 0.1) is 5.56 Å². The summed E-state index contributed by atoms with van der Waals surface area (Å²) in [7, 11) is 0. The van der Waals surface area contributed by atoms with Crippen LogP contribution in [0.2, 0.25) is 0 Å². The zero-order valence-corrected chi connectivity index (χ0v) is 7.82. The highest BCUT2D eigenvalue weighted by atomic mass is 19.4. The fourth-order valence-electron chi connectivity index (χ4n) is 1.18. The van der Waals surface area contributed by atoms with Gasteiger partial charge < -0.3 is 10.3 Å². The number of hydrogen-bond acceptors (Lipinski definition) is 4. The third kappa shape index (κ3) is 1.97. The molecule has 7 heteroatoms. The van der Waals surface area contributed by atoms with Crippen LogP contribution >= 0.6 is 0 Å². The Morgan fingerprint density at radius 1 is 1.25 bits per heavy atom.